The van der Waals surface area contributed by atoms with E-state index in [2.05, 4.69) is 11.8 Å². The summed E-state index contributed by atoms with van der Waals surface area (Å²) in [6.45, 7) is 0.916. The van der Waals surface area contributed by atoms with Crippen molar-refractivity contribution in [3.8, 4) is 11.8 Å². The zero-order valence-electron chi connectivity index (χ0n) is 11.9. The SMILES string of the molecule is CN(C)CC#CCn1c(=O)n(C)c(=O)c2ccccc21. The van der Waals surface area contributed by atoms with E-state index in [1.54, 1.807) is 18.2 Å². The molecule has 0 bridgehead atoms. The fraction of sp³-hybridized carbons (Fsp3) is 0.333. The highest BCUT2D eigenvalue weighted by atomic mass is 16.2. The van der Waals surface area contributed by atoms with E-state index in [4.69, 9.17) is 0 Å². The minimum atomic E-state index is -0.340. The molecule has 5 heteroatoms. The van der Waals surface area contributed by atoms with Gasteiger partial charge < -0.3 is 0 Å². The predicted molar refractivity (Wildman–Crippen MR) is 79.8 cm³/mol. The molecule has 20 heavy (non-hydrogen) atoms. The van der Waals surface area contributed by atoms with Gasteiger partial charge in [0.2, 0.25) is 0 Å². The molecule has 0 saturated heterocycles. The topological polar surface area (TPSA) is 47.2 Å². The summed E-state index contributed by atoms with van der Waals surface area (Å²) < 4.78 is 2.65. The van der Waals surface area contributed by atoms with Gasteiger partial charge in [-0.2, -0.15) is 0 Å². The first kappa shape index (κ1) is 14.1. The van der Waals surface area contributed by atoms with Gasteiger partial charge in [-0.05, 0) is 26.2 Å². The number of fused-ring (bicyclic) bond motifs is 1. The van der Waals surface area contributed by atoms with Crippen LogP contribution in [0.5, 0.6) is 0 Å². The van der Waals surface area contributed by atoms with Gasteiger partial charge in [-0.25, -0.2) is 4.79 Å². The standard InChI is InChI=1S/C15H17N3O2/c1-16(2)10-6-7-11-18-13-9-5-4-8-12(13)14(19)17(3)15(18)20/h4-5,8-9H,10-11H2,1-3H3. The van der Waals surface area contributed by atoms with Crippen LogP contribution in [0.2, 0.25) is 0 Å². The average Bonchev–Trinajstić information content (AvgIpc) is 2.44. The quantitative estimate of drug-likeness (QED) is 0.736. The molecule has 0 aliphatic carbocycles. The second-order valence-electron chi connectivity index (χ2n) is 4.84. The molecule has 0 amide bonds. The third-order valence-electron chi connectivity index (χ3n) is 3.01. The van der Waals surface area contributed by atoms with Gasteiger partial charge in [-0.15, -0.1) is 0 Å². The second-order valence-corrected chi connectivity index (χ2v) is 4.84. The molecule has 0 N–H and O–H groups in total. The lowest BCUT2D eigenvalue weighted by Gasteiger charge is -2.09. The minimum Gasteiger partial charge on any atom is -0.299 e. The Kier molecular flexibility index (Phi) is 4.06. The zero-order chi connectivity index (χ0) is 14.7. The number of benzene rings is 1. The number of para-hydroxylation sites is 1. The van der Waals surface area contributed by atoms with Crippen LogP contribution in [0.25, 0.3) is 10.9 Å². The molecule has 2 rings (SSSR count). The van der Waals surface area contributed by atoms with E-state index in [-0.39, 0.29) is 17.8 Å². The molecule has 0 unspecified atom stereocenters. The maximum atomic E-state index is 12.2. The summed E-state index contributed by atoms with van der Waals surface area (Å²) in [6.07, 6.45) is 0. The van der Waals surface area contributed by atoms with Crippen molar-refractivity contribution in [1.29, 1.82) is 0 Å². The molecule has 1 aromatic heterocycles. The summed E-state index contributed by atoms with van der Waals surface area (Å²) in [6, 6.07) is 7.09. The van der Waals surface area contributed by atoms with Gasteiger partial charge in [0.25, 0.3) is 5.56 Å². The van der Waals surface area contributed by atoms with Gasteiger partial charge in [0.1, 0.15) is 0 Å². The van der Waals surface area contributed by atoms with Crippen molar-refractivity contribution in [2.45, 2.75) is 6.54 Å². The van der Waals surface area contributed by atoms with Gasteiger partial charge >= 0.3 is 5.69 Å². The highest BCUT2D eigenvalue weighted by molar-refractivity contribution is 5.77. The van der Waals surface area contributed by atoms with E-state index >= 15 is 0 Å². The molecule has 0 spiro atoms. The number of hydrogen-bond donors (Lipinski definition) is 0. The summed E-state index contributed by atoms with van der Waals surface area (Å²) >= 11 is 0. The summed E-state index contributed by atoms with van der Waals surface area (Å²) in [5.74, 6) is 5.96. The first-order valence-electron chi connectivity index (χ1n) is 6.31. The number of hydrogen-bond acceptors (Lipinski definition) is 3. The maximum Gasteiger partial charge on any atom is 0.332 e. The Labute approximate surface area is 117 Å². The van der Waals surface area contributed by atoms with Crippen molar-refractivity contribution in [2.24, 2.45) is 7.05 Å². The van der Waals surface area contributed by atoms with Crippen molar-refractivity contribution in [1.82, 2.24) is 14.0 Å². The van der Waals surface area contributed by atoms with E-state index in [0.717, 1.165) is 4.57 Å². The van der Waals surface area contributed by atoms with Crippen molar-refractivity contribution in [2.75, 3.05) is 20.6 Å². The maximum absolute atomic E-state index is 12.2. The molecule has 0 atom stereocenters. The molecule has 0 fully saturated rings. The fourth-order valence-corrected chi connectivity index (χ4v) is 1.94. The molecule has 1 heterocycles. The van der Waals surface area contributed by atoms with Crippen molar-refractivity contribution in [3.05, 3.63) is 45.1 Å². The van der Waals surface area contributed by atoms with Crippen LogP contribution in [0, 0.1) is 11.8 Å². The van der Waals surface area contributed by atoms with E-state index in [9.17, 15) is 9.59 Å². The Morgan fingerprint density at radius 3 is 2.55 bits per heavy atom. The van der Waals surface area contributed by atoms with E-state index in [1.165, 1.54) is 11.6 Å². The lowest BCUT2D eigenvalue weighted by molar-refractivity contribution is 0.463. The van der Waals surface area contributed by atoms with Crippen LogP contribution in [0.1, 0.15) is 0 Å². The first-order valence-corrected chi connectivity index (χ1v) is 6.31. The number of nitrogens with zero attached hydrogens (tertiary/aromatic N) is 3. The van der Waals surface area contributed by atoms with Gasteiger partial charge in [0, 0.05) is 7.05 Å². The third kappa shape index (κ3) is 2.65. The van der Waals surface area contributed by atoms with Crippen LogP contribution in [-0.2, 0) is 13.6 Å². The van der Waals surface area contributed by atoms with E-state index < -0.39 is 0 Å². The highest BCUT2D eigenvalue weighted by Gasteiger charge is 2.08. The average molecular weight is 271 g/mol. The largest absolute Gasteiger partial charge is 0.332 e. The molecule has 104 valence electrons. The Bertz CT molecular complexity index is 804. The minimum absolute atomic E-state index is 0.275. The molecule has 0 aliphatic heterocycles. The van der Waals surface area contributed by atoms with Crippen LogP contribution in [-0.4, -0.2) is 34.7 Å². The highest BCUT2D eigenvalue weighted by Crippen LogP contribution is 2.06. The molecule has 0 aliphatic rings. The Hall–Kier alpha value is -2.32. The smallest absolute Gasteiger partial charge is 0.299 e. The van der Waals surface area contributed by atoms with Crippen LogP contribution in [0.4, 0.5) is 0 Å². The van der Waals surface area contributed by atoms with Gasteiger partial charge in [0.05, 0.1) is 24.0 Å². The molecule has 0 radical (unpaired) electrons. The number of aromatic nitrogens is 2. The molecule has 1 aromatic carbocycles. The normalized spacial score (nSPS) is 10.6. The first-order chi connectivity index (χ1) is 9.52. The predicted octanol–water partition coefficient (Wildman–Crippen LogP) is 0.265. The Morgan fingerprint density at radius 1 is 1.15 bits per heavy atom. The fourth-order valence-electron chi connectivity index (χ4n) is 1.94. The summed E-state index contributed by atoms with van der Waals surface area (Å²) in [7, 11) is 5.35. The van der Waals surface area contributed by atoms with Crippen molar-refractivity contribution < 1.29 is 0 Å². The van der Waals surface area contributed by atoms with Crippen LogP contribution < -0.4 is 11.2 Å². The molecule has 0 saturated carbocycles. The van der Waals surface area contributed by atoms with Crippen LogP contribution in [0.3, 0.4) is 0 Å². The molecular weight excluding hydrogens is 254 g/mol. The van der Waals surface area contributed by atoms with Crippen molar-refractivity contribution in [3.63, 3.8) is 0 Å². The summed E-state index contributed by atoms with van der Waals surface area (Å²) in [4.78, 5) is 26.2. The summed E-state index contributed by atoms with van der Waals surface area (Å²) in [5.41, 5.74) is 0.00991. The Balaban J connectivity index is 2.55. The lowest BCUT2D eigenvalue weighted by atomic mass is 10.2. The molecule has 5 nitrogen and oxygen atoms in total. The molecule has 2 aromatic rings. The van der Waals surface area contributed by atoms with Gasteiger partial charge in [-0.1, -0.05) is 24.0 Å². The number of rotatable bonds is 2. The van der Waals surface area contributed by atoms with Crippen LogP contribution >= 0.6 is 0 Å². The van der Waals surface area contributed by atoms with Crippen LogP contribution in [0.15, 0.2) is 33.9 Å². The molecular formula is C15H17N3O2. The van der Waals surface area contributed by atoms with E-state index in [1.807, 2.05) is 25.1 Å². The second kappa shape index (κ2) is 5.76. The van der Waals surface area contributed by atoms with Gasteiger partial charge in [0.15, 0.2) is 0 Å². The summed E-state index contributed by atoms with van der Waals surface area (Å²) in [5, 5.41) is 0.531. The zero-order valence-corrected chi connectivity index (χ0v) is 11.9. The Morgan fingerprint density at radius 2 is 1.85 bits per heavy atom. The monoisotopic (exact) mass is 271 g/mol. The van der Waals surface area contributed by atoms with Gasteiger partial charge in [-0.3, -0.25) is 18.8 Å². The van der Waals surface area contributed by atoms with E-state index in [0.29, 0.717) is 17.4 Å². The lowest BCUT2D eigenvalue weighted by Crippen LogP contribution is -2.38. The third-order valence-corrected chi connectivity index (χ3v) is 3.01. The van der Waals surface area contributed by atoms with Crippen molar-refractivity contribution >= 4 is 10.9 Å².